The van der Waals surface area contributed by atoms with Crippen molar-refractivity contribution in [2.45, 2.75) is 39.3 Å². The molecule has 19 heavy (non-hydrogen) atoms. The van der Waals surface area contributed by atoms with Gasteiger partial charge in [-0.1, -0.05) is 13.8 Å². The Balaban J connectivity index is 2.21. The second-order valence-electron chi connectivity index (χ2n) is 4.77. The predicted molar refractivity (Wildman–Crippen MR) is 70.2 cm³/mol. The molecular formula is C13H20N4O2. The van der Waals surface area contributed by atoms with Crippen molar-refractivity contribution in [1.29, 1.82) is 0 Å². The van der Waals surface area contributed by atoms with Gasteiger partial charge in [-0.2, -0.15) is 5.10 Å². The van der Waals surface area contributed by atoms with E-state index in [1.54, 1.807) is 9.58 Å². The topological polar surface area (TPSA) is 67.2 Å². The van der Waals surface area contributed by atoms with E-state index in [0.717, 1.165) is 17.8 Å². The molecule has 1 fully saturated rings. The maximum Gasteiger partial charge on any atom is 0.243 e. The molecule has 1 unspecified atom stereocenters. The Kier molecular flexibility index (Phi) is 3.87. The second kappa shape index (κ2) is 5.42. The van der Waals surface area contributed by atoms with Gasteiger partial charge in [-0.15, -0.1) is 0 Å². The molecule has 104 valence electrons. The summed E-state index contributed by atoms with van der Waals surface area (Å²) in [6, 6.07) is 1.62. The quantitative estimate of drug-likeness (QED) is 0.846. The van der Waals surface area contributed by atoms with E-state index in [1.165, 1.54) is 0 Å². The fraction of sp³-hybridized carbons (Fsp3) is 0.615. The molecule has 2 heterocycles. The number of nitrogens with zero attached hydrogens (tertiary/aromatic N) is 3. The fourth-order valence-electron chi connectivity index (χ4n) is 2.37. The standard InChI is InChI=1S/C13H20N4O2/c1-4-9-6-10(16(3)15-9)8-17-11(5-2)13(19)14-7-12(17)18/h6,11H,4-5,7-8H2,1-3H3,(H,14,19). The molecule has 1 aromatic heterocycles. The lowest BCUT2D eigenvalue weighted by atomic mass is 10.1. The molecule has 6 heteroatoms. The van der Waals surface area contributed by atoms with Crippen molar-refractivity contribution in [2.24, 2.45) is 7.05 Å². The van der Waals surface area contributed by atoms with Crippen LogP contribution in [0.3, 0.4) is 0 Å². The molecule has 1 N–H and O–H groups in total. The molecule has 1 aliphatic heterocycles. The summed E-state index contributed by atoms with van der Waals surface area (Å²) in [6.45, 7) is 4.49. The largest absolute Gasteiger partial charge is 0.345 e. The first-order valence-corrected chi connectivity index (χ1v) is 6.65. The maximum absolute atomic E-state index is 12.0. The van der Waals surface area contributed by atoms with Crippen LogP contribution in [-0.4, -0.2) is 39.1 Å². The highest BCUT2D eigenvalue weighted by molar-refractivity contribution is 5.94. The summed E-state index contributed by atoms with van der Waals surface area (Å²) >= 11 is 0. The van der Waals surface area contributed by atoms with E-state index < -0.39 is 0 Å². The van der Waals surface area contributed by atoms with Crippen LogP contribution in [0.25, 0.3) is 0 Å². The number of aryl methyl sites for hydroxylation is 2. The predicted octanol–water partition coefficient (Wildman–Crippen LogP) is 0.219. The maximum atomic E-state index is 12.0. The Morgan fingerprint density at radius 2 is 2.16 bits per heavy atom. The second-order valence-corrected chi connectivity index (χ2v) is 4.77. The highest BCUT2D eigenvalue weighted by Gasteiger charge is 2.33. The van der Waals surface area contributed by atoms with E-state index in [0.29, 0.717) is 13.0 Å². The number of hydrogen-bond acceptors (Lipinski definition) is 3. The lowest BCUT2D eigenvalue weighted by Crippen LogP contribution is -2.57. The van der Waals surface area contributed by atoms with E-state index in [1.807, 2.05) is 27.0 Å². The van der Waals surface area contributed by atoms with Crippen LogP contribution in [0.15, 0.2) is 6.07 Å². The van der Waals surface area contributed by atoms with E-state index >= 15 is 0 Å². The molecule has 2 amide bonds. The normalized spacial score (nSPS) is 19.7. The molecule has 1 atom stereocenters. The molecule has 1 saturated heterocycles. The van der Waals surface area contributed by atoms with Gasteiger partial charge in [0.2, 0.25) is 11.8 Å². The summed E-state index contributed by atoms with van der Waals surface area (Å²) in [7, 11) is 1.87. The molecular weight excluding hydrogens is 244 g/mol. The zero-order valence-corrected chi connectivity index (χ0v) is 11.6. The van der Waals surface area contributed by atoms with Gasteiger partial charge in [-0.25, -0.2) is 0 Å². The Bertz CT molecular complexity index is 495. The highest BCUT2D eigenvalue weighted by atomic mass is 16.2. The SMILES string of the molecule is CCc1cc(CN2C(=O)CNC(=O)C2CC)n(C)n1. The number of nitrogens with one attached hydrogen (secondary N) is 1. The van der Waals surface area contributed by atoms with Crippen molar-refractivity contribution in [2.75, 3.05) is 6.54 Å². The number of carbonyl (C=O) groups excluding carboxylic acids is 2. The molecule has 0 aromatic carbocycles. The van der Waals surface area contributed by atoms with Gasteiger partial charge in [0.1, 0.15) is 6.04 Å². The van der Waals surface area contributed by atoms with Gasteiger partial charge in [0.25, 0.3) is 0 Å². The smallest absolute Gasteiger partial charge is 0.243 e. The minimum atomic E-state index is -0.374. The molecule has 1 aromatic rings. The van der Waals surface area contributed by atoms with Gasteiger partial charge < -0.3 is 10.2 Å². The molecule has 0 radical (unpaired) electrons. The Morgan fingerprint density at radius 3 is 2.74 bits per heavy atom. The molecule has 0 saturated carbocycles. The number of amides is 2. The van der Waals surface area contributed by atoms with Crippen LogP contribution in [0, 0.1) is 0 Å². The van der Waals surface area contributed by atoms with Crippen molar-refractivity contribution in [1.82, 2.24) is 20.0 Å². The fourth-order valence-corrected chi connectivity index (χ4v) is 2.37. The molecule has 0 spiro atoms. The van der Waals surface area contributed by atoms with Gasteiger partial charge in [0.15, 0.2) is 0 Å². The van der Waals surface area contributed by atoms with Gasteiger partial charge in [-0.3, -0.25) is 14.3 Å². The van der Waals surface area contributed by atoms with Crippen LogP contribution in [0.2, 0.25) is 0 Å². The van der Waals surface area contributed by atoms with Crippen LogP contribution in [-0.2, 0) is 29.6 Å². The number of piperazine rings is 1. The van der Waals surface area contributed by atoms with Crippen LogP contribution < -0.4 is 5.32 Å². The first-order valence-electron chi connectivity index (χ1n) is 6.65. The first kappa shape index (κ1) is 13.6. The zero-order chi connectivity index (χ0) is 14.0. The lowest BCUT2D eigenvalue weighted by Gasteiger charge is -2.34. The summed E-state index contributed by atoms with van der Waals surface area (Å²) in [5, 5.41) is 6.99. The number of aromatic nitrogens is 2. The van der Waals surface area contributed by atoms with Crippen molar-refractivity contribution < 1.29 is 9.59 Å². The Hall–Kier alpha value is -1.85. The van der Waals surface area contributed by atoms with Crippen LogP contribution in [0.5, 0.6) is 0 Å². The van der Waals surface area contributed by atoms with Crippen molar-refractivity contribution in [3.8, 4) is 0 Å². The third kappa shape index (κ3) is 2.62. The number of rotatable bonds is 4. The average Bonchev–Trinajstić information content (AvgIpc) is 2.75. The van der Waals surface area contributed by atoms with Crippen molar-refractivity contribution in [3.63, 3.8) is 0 Å². The van der Waals surface area contributed by atoms with Gasteiger partial charge >= 0.3 is 0 Å². The minimum absolute atomic E-state index is 0.0364. The van der Waals surface area contributed by atoms with E-state index in [2.05, 4.69) is 10.4 Å². The van der Waals surface area contributed by atoms with E-state index in [-0.39, 0.29) is 24.4 Å². The Labute approximate surface area is 112 Å². The van der Waals surface area contributed by atoms with Gasteiger partial charge in [0.05, 0.1) is 24.5 Å². The van der Waals surface area contributed by atoms with Gasteiger partial charge in [-0.05, 0) is 18.9 Å². The number of carbonyl (C=O) groups is 2. The van der Waals surface area contributed by atoms with Crippen molar-refractivity contribution in [3.05, 3.63) is 17.5 Å². The van der Waals surface area contributed by atoms with Crippen LogP contribution in [0.4, 0.5) is 0 Å². The van der Waals surface area contributed by atoms with Crippen molar-refractivity contribution >= 4 is 11.8 Å². The summed E-state index contributed by atoms with van der Waals surface area (Å²) < 4.78 is 1.78. The van der Waals surface area contributed by atoms with Crippen LogP contribution in [0.1, 0.15) is 31.7 Å². The third-order valence-corrected chi connectivity index (χ3v) is 3.52. The molecule has 1 aliphatic rings. The minimum Gasteiger partial charge on any atom is -0.345 e. The first-order chi connectivity index (χ1) is 9.06. The molecule has 2 rings (SSSR count). The van der Waals surface area contributed by atoms with Gasteiger partial charge in [0, 0.05) is 7.05 Å². The highest BCUT2D eigenvalue weighted by Crippen LogP contribution is 2.15. The van der Waals surface area contributed by atoms with E-state index in [4.69, 9.17) is 0 Å². The molecule has 0 bridgehead atoms. The summed E-state index contributed by atoms with van der Waals surface area (Å²) in [5.41, 5.74) is 1.96. The van der Waals surface area contributed by atoms with Crippen LogP contribution >= 0.6 is 0 Å². The molecule has 0 aliphatic carbocycles. The summed E-state index contributed by atoms with van der Waals surface area (Å²) in [4.78, 5) is 25.4. The van der Waals surface area contributed by atoms with E-state index in [9.17, 15) is 9.59 Å². The number of hydrogen-bond donors (Lipinski definition) is 1. The zero-order valence-electron chi connectivity index (χ0n) is 11.6. The average molecular weight is 264 g/mol. The monoisotopic (exact) mass is 264 g/mol. The third-order valence-electron chi connectivity index (χ3n) is 3.52. The summed E-state index contributed by atoms with van der Waals surface area (Å²) in [6.07, 6.45) is 1.48. The lowest BCUT2D eigenvalue weighted by molar-refractivity contribution is -0.146. The molecule has 6 nitrogen and oxygen atoms in total. The Morgan fingerprint density at radius 1 is 1.42 bits per heavy atom. The summed E-state index contributed by atoms with van der Waals surface area (Å²) in [5.74, 6) is -0.106.